The molecule has 5 rings (SSSR count). The van der Waals surface area contributed by atoms with Gasteiger partial charge in [0.1, 0.15) is 5.01 Å². The highest BCUT2D eigenvalue weighted by Crippen LogP contribution is 2.42. The van der Waals surface area contributed by atoms with Gasteiger partial charge in [-0.05, 0) is 31.0 Å². The number of allylic oxidation sites excluding steroid dienone is 1. The zero-order chi connectivity index (χ0) is 20.5. The van der Waals surface area contributed by atoms with Crippen molar-refractivity contribution in [2.45, 2.75) is 30.5 Å². The van der Waals surface area contributed by atoms with Crippen LogP contribution in [-0.4, -0.2) is 43.4 Å². The summed E-state index contributed by atoms with van der Waals surface area (Å²) < 4.78 is 12.7. The average Bonchev–Trinajstić information content (AvgIpc) is 3.13. The van der Waals surface area contributed by atoms with E-state index in [1.165, 1.54) is 23.1 Å². The fourth-order valence-corrected chi connectivity index (χ4v) is 4.68. The molecule has 3 heterocycles. The number of carbonyl (C=O) groups excluding carboxylic acids is 1. The molecule has 0 spiro atoms. The third-order valence-corrected chi connectivity index (χ3v) is 6.57. The molecule has 154 valence electrons. The van der Waals surface area contributed by atoms with Crippen molar-refractivity contribution >= 4 is 34.1 Å². The van der Waals surface area contributed by atoms with Gasteiger partial charge in [0.2, 0.25) is 17.8 Å². The monoisotopic (exact) mass is 442 g/mol. The minimum Gasteiger partial charge on any atom is -0.454 e. The largest absolute Gasteiger partial charge is 0.454 e. The molecule has 11 heteroatoms. The minimum absolute atomic E-state index is 0.156. The van der Waals surface area contributed by atoms with Crippen molar-refractivity contribution in [3.63, 3.8) is 0 Å². The molecule has 0 radical (unpaired) electrons. The van der Waals surface area contributed by atoms with Crippen LogP contribution in [0.1, 0.15) is 23.8 Å². The second-order valence-corrected chi connectivity index (χ2v) is 8.78. The molecule has 0 bridgehead atoms. The number of thioether (sulfide) groups is 1. The lowest BCUT2D eigenvalue weighted by Gasteiger charge is -2.08. The maximum absolute atomic E-state index is 12.4. The van der Waals surface area contributed by atoms with Gasteiger partial charge in [-0.15, -0.1) is 27.0 Å². The Morgan fingerprint density at radius 1 is 1.27 bits per heavy atom. The van der Waals surface area contributed by atoms with Crippen LogP contribution >= 0.6 is 23.1 Å². The molecule has 3 aromatic rings. The first kappa shape index (κ1) is 19.1. The number of carbonyl (C=O) groups is 1. The highest BCUT2D eigenvalue weighted by molar-refractivity contribution is 7.99. The quantitative estimate of drug-likeness (QED) is 0.419. The van der Waals surface area contributed by atoms with E-state index in [4.69, 9.17) is 9.47 Å². The van der Waals surface area contributed by atoms with E-state index in [1.807, 2.05) is 22.8 Å². The van der Waals surface area contributed by atoms with Crippen LogP contribution in [0.15, 0.2) is 36.0 Å². The van der Waals surface area contributed by atoms with Gasteiger partial charge in [0.25, 0.3) is 0 Å². The fourth-order valence-electron chi connectivity index (χ4n) is 3.00. The third kappa shape index (κ3) is 3.90. The van der Waals surface area contributed by atoms with Gasteiger partial charge in [0.15, 0.2) is 22.5 Å². The van der Waals surface area contributed by atoms with E-state index < -0.39 is 0 Å². The van der Waals surface area contributed by atoms with Crippen LogP contribution in [0.3, 0.4) is 0 Å². The van der Waals surface area contributed by atoms with Crippen molar-refractivity contribution in [3.05, 3.63) is 35.9 Å². The Hall–Kier alpha value is -2.92. The maximum atomic E-state index is 12.4. The molecule has 1 amide bonds. The first-order chi connectivity index (χ1) is 14.7. The Kier molecular flexibility index (Phi) is 5.13. The molecule has 2 aromatic heterocycles. The number of hydrogen-bond acceptors (Lipinski definition) is 9. The topological polar surface area (TPSA) is 104 Å². The lowest BCUT2D eigenvalue weighted by Crippen LogP contribution is -2.14. The SMILES string of the molecule is C=CCn1c(SCC(=O)Nc2nnc(C3CC3)s2)nnc1-c1ccc2c(c1)OCO2. The van der Waals surface area contributed by atoms with Gasteiger partial charge in [-0.25, -0.2) is 0 Å². The summed E-state index contributed by atoms with van der Waals surface area (Å²) in [6, 6.07) is 5.63. The van der Waals surface area contributed by atoms with Gasteiger partial charge >= 0.3 is 0 Å². The Labute approximate surface area is 180 Å². The van der Waals surface area contributed by atoms with E-state index in [0.29, 0.717) is 40.1 Å². The van der Waals surface area contributed by atoms with E-state index in [9.17, 15) is 4.79 Å². The van der Waals surface area contributed by atoms with Crippen LogP contribution in [0.2, 0.25) is 0 Å². The summed E-state index contributed by atoms with van der Waals surface area (Å²) in [6.45, 7) is 4.55. The molecular formula is C19H18N6O3S2. The van der Waals surface area contributed by atoms with Crippen molar-refractivity contribution in [3.8, 4) is 22.9 Å². The molecule has 1 aliphatic heterocycles. The van der Waals surface area contributed by atoms with Crippen molar-refractivity contribution in [1.29, 1.82) is 0 Å². The first-order valence-electron chi connectivity index (χ1n) is 9.41. The van der Waals surface area contributed by atoms with Crippen LogP contribution in [0.25, 0.3) is 11.4 Å². The minimum atomic E-state index is -0.156. The molecule has 1 saturated carbocycles. The molecular weight excluding hydrogens is 424 g/mol. The van der Waals surface area contributed by atoms with Gasteiger partial charge in [0, 0.05) is 18.0 Å². The summed E-state index contributed by atoms with van der Waals surface area (Å²) in [5.74, 6) is 2.62. The van der Waals surface area contributed by atoms with Crippen LogP contribution < -0.4 is 14.8 Å². The van der Waals surface area contributed by atoms with Crippen molar-refractivity contribution in [1.82, 2.24) is 25.0 Å². The zero-order valence-corrected chi connectivity index (χ0v) is 17.5. The van der Waals surface area contributed by atoms with Gasteiger partial charge in [0.05, 0.1) is 5.75 Å². The zero-order valence-electron chi connectivity index (χ0n) is 15.9. The maximum Gasteiger partial charge on any atom is 0.236 e. The molecule has 9 nitrogen and oxygen atoms in total. The van der Waals surface area contributed by atoms with E-state index >= 15 is 0 Å². The number of hydrogen-bond donors (Lipinski definition) is 1. The van der Waals surface area contributed by atoms with Gasteiger partial charge < -0.3 is 9.47 Å². The van der Waals surface area contributed by atoms with E-state index in [1.54, 1.807) is 6.08 Å². The Balaban J connectivity index is 1.28. The predicted octanol–water partition coefficient (Wildman–Crippen LogP) is 3.32. The van der Waals surface area contributed by atoms with Crippen LogP contribution in [0.5, 0.6) is 11.5 Å². The number of benzene rings is 1. The van der Waals surface area contributed by atoms with Gasteiger partial charge in [-0.3, -0.25) is 14.7 Å². The molecule has 1 aromatic carbocycles. The van der Waals surface area contributed by atoms with E-state index in [-0.39, 0.29) is 18.5 Å². The Morgan fingerprint density at radius 3 is 2.97 bits per heavy atom. The standard InChI is InChI=1S/C19H18N6O3S2/c1-2-7-25-16(12-5-6-13-14(8-12)28-10-27-13)21-24-19(25)29-9-15(26)20-18-23-22-17(30-18)11-3-4-11/h2,5-6,8,11H,1,3-4,7,9-10H2,(H,20,23,26). The number of amides is 1. The normalized spacial score (nSPS) is 14.7. The molecule has 30 heavy (non-hydrogen) atoms. The highest BCUT2D eigenvalue weighted by Gasteiger charge is 2.27. The van der Waals surface area contributed by atoms with Crippen molar-refractivity contribution < 1.29 is 14.3 Å². The number of anilines is 1. The number of fused-ring (bicyclic) bond motifs is 1. The summed E-state index contributed by atoms with van der Waals surface area (Å²) in [4.78, 5) is 12.4. The summed E-state index contributed by atoms with van der Waals surface area (Å²) >= 11 is 2.75. The molecule has 2 aliphatic rings. The highest BCUT2D eigenvalue weighted by atomic mass is 32.2. The second kappa shape index (κ2) is 8.07. The summed E-state index contributed by atoms with van der Waals surface area (Å²) in [5.41, 5.74) is 0.853. The van der Waals surface area contributed by atoms with E-state index in [2.05, 4.69) is 32.3 Å². The van der Waals surface area contributed by atoms with Crippen molar-refractivity contribution in [2.24, 2.45) is 0 Å². The smallest absolute Gasteiger partial charge is 0.236 e. The number of aromatic nitrogens is 5. The fraction of sp³-hybridized carbons (Fsp3) is 0.316. The Morgan fingerprint density at radius 2 is 2.13 bits per heavy atom. The lowest BCUT2D eigenvalue weighted by molar-refractivity contribution is -0.113. The first-order valence-corrected chi connectivity index (χ1v) is 11.2. The molecule has 0 atom stereocenters. The number of nitrogens with zero attached hydrogens (tertiary/aromatic N) is 5. The van der Waals surface area contributed by atoms with E-state index in [0.717, 1.165) is 23.4 Å². The summed E-state index contributed by atoms with van der Waals surface area (Å²) in [7, 11) is 0. The van der Waals surface area contributed by atoms with Crippen LogP contribution in [0, 0.1) is 0 Å². The molecule has 1 aliphatic carbocycles. The molecule has 0 saturated heterocycles. The number of ether oxygens (including phenoxy) is 2. The summed E-state index contributed by atoms with van der Waals surface area (Å²) in [6.07, 6.45) is 4.08. The molecule has 0 unspecified atom stereocenters. The predicted molar refractivity (Wildman–Crippen MR) is 113 cm³/mol. The summed E-state index contributed by atoms with van der Waals surface area (Å²) in [5, 5.41) is 21.8. The molecule has 1 N–H and O–H groups in total. The number of nitrogens with one attached hydrogen (secondary N) is 1. The average molecular weight is 443 g/mol. The van der Waals surface area contributed by atoms with Crippen LogP contribution in [0.4, 0.5) is 5.13 Å². The van der Waals surface area contributed by atoms with Gasteiger partial charge in [-0.1, -0.05) is 29.2 Å². The van der Waals surface area contributed by atoms with Crippen molar-refractivity contribution in [2.75, 3.05) is 17.9 Å². The third-order valence-electron chi connectivity index (χ3n) is 4.61. The van der Waals surface area contributed by atoms with Crippen LogP contribution in [-0.2, 0) is 11.3 Å². The second-order valence-electron chi connectivity index (χ2n) is 6.83. The number of rotatable bonds is 8. The van der Waals surface area contributed by atoms with Gasteiger partial charge in [-0.2, -0.15) is 0 Å². The Bertz CT molecular complexity index is 1110. The lowest BCUT2D eigenvalue weighted by atomic mass is 10.2. The molecule has 1 fully saturated rings.